The van der Waals surface area contributed by atoms with E-state index in [1.807, 2.05) is 19.1 Å². The van der Waals surface area contributed by atoms with Crippen molar-refractivity contribution < 1.29 is 14.2 Å². The molecule has 0 atom stereocenters. The van der Waals surface area contributed by atoms with Crippen LogP contribution in [0.2, 0.25) is 0 Å². The van der Waals surface area contributed by atoms with Crippen LogP contribution in [-0.4, -0.2) is 33.8 Å². The van der Waals surface area contributed by atoms with Gasteiger partial charge in [-0.15, -0.1) is 11.3 Å². The molecule has 2 aromatic rings. The summed E-state index contributed by atoms with van der Waals surface area (Å²) in [6, 6.07) is 6.00. The Kier molecular flexibility index (Phi) is 7.59. The fourth-order valence-corrected chi connectivity index (χ4v) is 3.32. The minimum atomic E-state index is 0.545. The molecule has 7 heteroatoms. The molecule has 1 aromatic heterocycles. The Morgan fingerprint density at radius 3 is 2.27 bits per heavy atom. The van der Waals surface area contributed by atoms with Crippen LogP contribution in [0.15, 0.2) is 28.6 Å². The Labute approximate surface area is 159 Å². The summed E-state index contributed by atoms with van der Waals surface area (Å²) in [5.74, 6) is 2.67. The van der Waals surface area contributed by atoms with Crippen LogP contribution < -0.4 is 24.8 Å². The van der Waals surface area contributed by atoms with E-state index in [-0.39, 0.29) is 0 Å². The summed E-state index contributed by atoms with van der Waals surface area (Å²) in [4.78, 5) is 5.58. The molecule has 6 nitrogen and oxygen atoms in total. The van der Waals surface area contributed by atoms with Crippen molar-refractivity contribution in [1.82, 2.24) is 10.6 Å². The van der Waals surface area contributed by atoms with E-state index in [1.165, 1.54) is 10.4 Å². The lowest BCUT2D eigenvalue weighted by Gasteiger charge is -2.16. The predicted molar refractivity (Wildman–Crippen MR) is 107 cm³/mol. The number of hydrogen-bond acceptors (Lipinski definition) is 5. The van der Waals surface area contributed by atoms with Gasteiger partial charge in [-0.05, 0) is 48.6 Å². The minimum absolute atomic E-state index is 0.545. The van der Waals surface area contributed by atoms with Crippen LogP contribution >= 0.6 is 11.3 Å². The molecule has 0 bridgehead atoms. The topological polar surface area (TPSA) is 64.1 Å². The number of methoxy groups -OCH3 is 2. The number of aliphatic imine (C=N–C) groups is 1. The fourth-order valence-electron chi connectivity index (χ4n) is 2.48. The van der Waals surface area contributed by atoms with Gasteiger partial charge in [0, 0.05) is 18.5 Å². The van der Waals surface area contributed by atoms with E-state index in [4.69, 9.17) is 14.2 Å². The average Bonchev–Trinajstić information content (AvgIpc) is 3.07. The molecule has 0 saturated carbocycles. The molecule has 0 fully saturated rings. The molecule has 2 N–H and O–H groups in total. The number of thiophene rings is 1. The molecular weight excluding hydrogens is 350 g/mol. The molecule has 0 spiro atoms. The third-order valence-corrected chi connectivity index (χ3v) is 4.90. The highest BCUT2D eigenvalue weighted by Crippen LogP contribution is 2.38. The molecule has 2 rings (SSSR count). The van der Waals surface area contributed by atoms with Crippen LogP contribution in [0.1, 0.15) is 22.9 Å². The molecule has 0 saturated heterocycles. The van der Waals surface area contributed by atoms with Crippen LogP contribution in [0.25, 0.3) is 0 Å². The van der Waals surface area contributed by atoms with Crippen LogP contribution in [0, 0.1) is 6.92 Å². The number of hydrogen-bond donors (Lipinski definition) is 2. The van der Waals surface area contributed by atoms with Gasteiger partial charge in [0.2, 0.25) is 5.75 Å². The average molecular weight is 378 g/mol. The molecule has 0 aliphatic carbocycles. The van der Waals surface area contributed by atoms with Crippen LogP contribution in [-0.2, 0) is 13.1 Å². The minimum Gasteiger partial charge on any atom is -0.493 e. The highest BCUT2D eigenvalue weighted by atomic mass is 32.1. The quantitative estimate of drug-likeness (QED) is 0.546. The zero-order valence-electron chi connectivity index (χ0n) is 16.0. The SMILES string of the molecule is CCOc1c(OC)cc(CNC(=NC)NCc2sccc2C)cc1OC. The smallest absolute Gasteiger partial charge is 0.203 e. The zero-order chi connectivity index (χ0) is 18.9. The van der Waals surface area contributed by atoms with Crippen molar-refractivity contribution in [1.29, 1.82) is 0 Å². The normalized spacial score (nSPS) is 11.2. The van der Waals surface area contributed by atoms with Gasteiger partial charge in [-0.1, -0.05) is 0 Å². The first-order valence-corrected chi connectivity index (χ1v) is 9.36. The molecule has 26 heavy (non-hydrogen) atoms. The summed E-state index contributed by atoms with van der Waals surface area (Å²) < 4.78 is 16.5. The second-order valence-electron chi connectivity index (χ2n) is 5.57. The molecule has 0 amide bonds. The lowest BCUT2D eigenvalue weighted by atomic mass is 10.2. The van der Waals surface area contributed by atoms with E-state index in [1.54, 1.807) is 32.6 Å². The largest absolute Gasteiger partial charge is 0.493 e. The molecule has 0 radical (unpaired) electrons. The van der Waals surface area contributed by atoms with Crippen molar-refractivity contribution >= 4 is 17.3 Å². The number of guanidine groups is 1. The maximum atomic E-state index is 5.64. The number of ether oxygens (including phenoxy) is 3. The van der Waals surface area contributed by atoms with E-state index < -0.39 is 0 Å². The monoisotopic (exact) mass is 377 g/mol. The summed E-state index contributed by atoms with van der Waals surface area (Å²) >= 11 is 1.74. The van der Waals surface area contributed by atoms with Gasteiger partial charge in [-0.2, -0.15) is 0 Å². The number of aryl methyl sites for hydroxylation is 1. The molecule has 142 valence electrons. The number of nitrogens with zero attached hydrogens (tertiary/aromatic N) is 1. The number of benzene rings is 1. The van der Waals surface area contributed by atoms with Crippen molar-refractivity contribution in [2.45, 2.75) is 26.9 Å². The molecule has 0 unspecified atom stereocenters. The first-order valence-electron chi connectivity index (χ1n) is 8.48. The van der Waals surface area contributed by atoms with Crippen LogP contribution in [0.5, 0.6) is 17.2 Å². The van der Waals surface area contributed by atoms with E-state index in [2.05, 4.69) is 34.0 Å². The number of rotatable bonds is 8. The van der Waals surface area contributed by atoms with Crippen molar-refractivity contribution in [3.8, 4) is 17.2 Å². The van der Waals surface area contributed by atoms with Gasteiger partial charge in [0.25, 0.3) is 0 Å². The van der Waals surface area contributed by atoms with Gasteiger partial charge < -0.3 is 24.8 Å². The molecule has 0 aliphatic heterocycles. The predicted octanol–water partition coefficient (Wildman–Crippen LogP) is 3.34. The van der Waals surface area contributed by atoms with Crippen LogP contribution in [0.4, 0.5) is 0 Å². The molecular formula is C19H27N3O3S. The first kappa shape index (κ1) is 19.9. The summed E-state index contributed by atoms with van der Waals surface area (Å²) in [6.45, 7) is 5.92. The Morgan fingerprint density at radius 2 is 1.77 bits per heavy atom. The van der Waals surface area contributed by atoms with E-state index >= 15 is 0 Å². The summed E-state index contributed by atoms with van der Waals surface area (Å²) in [5, 5.41) is 8.75. The van der Waals surface area contributed by atoms with Crippen molar-refractivity contribution in [3.63, 3.8) is 0 Å². The molecule has 0 aliphatic rings. The van der Waals surface area contributed by atoms with E-state index in [0.717, 1.165) is 18.1 Å². The number of nitrogens with one attached hydrogen (secondary N) is 2. The third kappa shape index (κ3) is 5.05. The Morgan fingerprint density at radius 1 is 1.12 bits per heavy atom. The fraction of sp³-hybridized carbons (Fsp3) is 0.421. The zero-order valence-corrected chi connectivity index (χ0v) is 16.8. The second kappa shape index (κ2) is 9.91. The highest BCUT2D eigenvalue weighted by molar-refractivity contribution is 7.10. The first-order chi connectivity index (χ1) is 12.6. The van der Waals surface area contributed by atoms with Crippen LogP contribution in [0.3, 0.4) is 0 Å². The molecule has 1 heterocycles. The Bertz CT molecular complexity index is 718. The van der Waals surface area contributed by atoms with E-state index in [0.29, 0.717) is 30.4 Å². The maximum Gasteiger partial charge on any atom is 0.203 e. The van der Waals surface area contributed by atoms with Gasteiger partial charge in [0.1, 0.15) is 0 Å². The second-order valence-corrected chi connectivity index (χ2v) is 6.57. The molecule has 1 aromatic carbocycles. The van der Waals surface area contributed by atoms with Gasteiger partial charge in [-0.25, -0.2) is 0 Å². The maximum absolute atomic E-state index is 5.64. The summed E-state index contributed by atoms with van der Waals surface area (Å²) in [7, 11) is 5.01. The third-order valence-electron chi connectivity index (χ3n) is 3.88. The highest BCUT2D eigenvalue weighted by Gasteiger charge is 2.14. The Balaban J connectivity index is 2.03. The van der Waals surface area contributed by atoms with Crippen molar-refractivity contribution in [3.05, 3.63) is 39.6 Å². The Hall–Kier alpha value is -2.41. The van der Waals surface area contributed by atoms with Gasteiger partial charge in [0.05, 0.1) is 27.4 Å². The summed E-state index contributed by atoms with van der Waals surface area (Å²) in [6.07, 6.45) is 0. The standard InChI is InChI=1S/C19H27N3O3S/c1-6-25-18-15(23-4)9-14(10-16(18)24-5)11-21-19(20-3)22-12-17-13(2)7-8-26-17/h7-10H,6,11-12H2,1-5H3,(H2,20,21,22). The summed E-state index contributed by atoms with van der Waals surface area (Å²) in [5.41, 5.74) is 2.30. The van der Waals surface area contributed by atoms with Crippen molar-refractivity contribution in [2.24, 2.45) is 4.99 Å². The van der Waals surface area contributed by atoms with E-state index in [9.17, 15) is 0 Å². The van der Waals surface area contributed by atoms with Gasteiger partial charge >= 0.3 is 0 Å². The lowest BCUT2D eigenvalue weighted by Crippen LogP contribution is -2.36. The van der Waals surface area contributed by atoms with Crippen molar-refractivity contribution in [2.75, 3.05) is 27.9 Å². The lowest BCUT2D eigenvalue weighted by molar-refractivity contribution is 0.288. The van der Waals surface area contributed by atoms with Gasteiger partial charge in [-0.3, -0.25) is 4.99 Å². The van der Waals surface area contributed by atoms with Gasteiger partial charge in [0.15, 0.2) is 17.5 Å².